The molecule has 2 aliphatic heterocycles. The average Bonchev–Trinajstić information content (AvgIpc) is 3.02. The van der Waals surface area contributed by atoms with E-state index in [2.05, 4.69) is 94.7 Å². The van der Waals surface area contributed by atoms with Crippen molar-refractivity contribution in [1.82, 2.24) is 4.90 Å². The van der Waals surface area contributed by atoms with Crippen LogP contribution >= 0.6 is 12.4 Å². The molecular weight excluding hydrogens is 440 g/mol. The van der Waals surface area contributed by atoms with Crippen LogP contribution in [0.4, 0.5) is 11.4 Å². The van der Waals surface area contributed by atoms with Gasteiger partial charge in [-0.15, -0.1) is 12.4 Å². The number of benzene rings is 3. The van der Waals surface area contributed by atoms with Gasteiger partial charge in [-0.1, -0.05) is 78.9 Å². The lowest BCUT2D eigenvalue weighted by molar-refractivity contribution is -0.124. The topological polar surface area (TPSA) is 23.6 Å². The Bertz CT molecular complexity index is 1100. The molecule has 5 rings (SSSR count). The average molecular weight is 473 g/mol. The molecule has 0 N–H and O–H groups in total. The quantitative estimate of drug-likeness (QED) is 0.396. The highest BCUT2D eigenvalue weighted by Gasteiger charge is 2.40. The first-order valence-corrected chi connectivity index (χ1v) is 12.1. The van der Waals surface area contributed by atoms with E-state index in [-0.39, 0.29) is 17.8 Å². The summed E-state index contributed by atoms with van der Waals surface area (Å²) in [5.41, 5.74) is 5.95. The molecule has 2 aliphatic rings. The molecular formula is C30H33ClN2O. The molecule has 0 bridgehead atoms. The maximum absolute atomic E-state index is 12.7. The Balaban J connectivity index is 0.00000274. The van der Waals surface area contributed by atoms with Crippen LogP contribution in [0.15, 0.2) is 78.9 Å². The fourth-order valence-electron chi connectivity index (χ4n) is 5.51. The van der Waals surface area contributed by atoms with Gasteiger partial charge >= 0.3 is 0 Å². The molecule has 0 amide bonds. The first-order valence-electron chi connectivity index (χ1n) is 12.1. The van der Waals surface area contributed by atoms with Gasteiger partial charge in [-0.25, -0.2) is 0 Å². The SMILES string of the molecule is CC(=O)C1(c2ccccc2)CCN(CCCN2c3ccccc3C=Cc3ccccc32)CC1.Cl. The van der Waals surface area contributed by atoms with E-state index in [1.807, 2.05) is 6.07 Å². The highest BCUT2D eigenvalue weighted by atomic mass is 35.5. The fourth-order valence-corrected chi connectivity index (χ4v) is 5.51. The summed E-state index contributed by atoms with van der Waals surface area (Å²) in [7, 11) is 0. The fraction of sp³-hybridized carbons (Fsp3) is 0.300. The number of rotatable bonds is 6. The van der Waals surface area contributed by atoms with Crippen LogP contribution < -0.4 is 4.90 Å². The molecule has 3 nitrogen and oxygen atoms in total. The Morgan fingerprint density at radius 2 is 1.29 bits per heavy atom. The van der Waals surface area contributed by atoms with Gasteiger partial charge in [-0.3, -0.25) is 4.79 Å². The third-order valence-corrected chi connectivity index (χ3v) is 7.46. The normalized spacial score (nSPS) is 16.7. The van der Waals surface area contributed by atoms with Crippen LogP contribution in [0.25, 0.3) is 12.2 Å². The molecule has 176 valence electrons. The lowest BCUT2D eigenvalue weighted by Gasteiger charge is -2.41. The van der Waals surface area contributed by atoms with Gasteiger partial charge in [0.25, 0.3) is 0 Å². The van der Waals surface area contributed by atoms with Crippen molar-refractivity contribution < 1.29 is 4.79 Å². The minimum Gasteiger partial charge on any atom is -0.340 e. The molecule has 0 saturated carbocycles. The Morgan fingerprint density at radius 1 is 0.765 bits per heavy atom. The highest BCUT2D eigenvalue weighted by molar-refractivity contribution is 5.89. The number of piperidine rings is 1. The Hall–Kier alpha value is -2.88. The number of hydrogen-bond donors (Lipinski definition) is 0. The van der Waals surface area contributed by atoms with Crippen molar-refractivity contribution in [1.29, 1.82) is 0 Å². The summed E-state index contributed by atoms with van der Waals surface area (Å²) in [5, 5.41) is 0. The maximum Gasteiger partial charge on any atom is 0.140 e. The van der Waals surface area contributed by atoms with Crippen molar-refractivity contribution in [3.63, 3.8) is 0 Å². The Morgan fingerprint density at radius 3 is 1.85 bits per heavy atom. The first kappa shape index (κ1) is 24.3. The van der Waals surface area contributed by atoms with Gasteiger partial charge < -0.3 is 9.80 Å². The maximum atomic E-state index is 12.7. The molecule has 1 fully saturated rings. The number of hydrogen-bond acceptors (Lipinski definition) is 3. The molecule has 1 saturated heterocycles. The van der Waals surface area contributed by atoms with Crippen molar-refractivity contribution in [2.75, 3.05) is 31.1 Å². The van der Waals surface area contributed by atoms with Gasteiger partial charge in [0.05, 0.1) is 5.41 Å². The molecule has 3 aromatic rings. The summed E-state index contributed by atoms with van der Waals surface area (Å²) < 4.78 is 0. The van der Waals surface area contributed by atoms with Crippen LogP contribution in [0.1, 0.15) is 42.9 Å². The van der Waals surface area contributed by atoms with E-state index in [9.17, 15) is 4.79 Å². The number of halogens is 1. The summed E-state index contributed by atoms with van der Waals surface area (Å²) in [4.78, 5) is 17.7. The number of anilines is 2. The van der Waals surface area contributed by atoms with Gasteiger partial charge in [0.15, 0.2) is 0 Å². The molecule has 0 aliphatic carbocycles. The zero-order valence-electron chi connectivity index (χ0n) is 19.8. The number of ketones is 1. The van der Waals surface area contributed by atoms with Crippen LogP contribution in [0.5, 0.6) is 0 Å². The van der Waals surface area contributed by atoms with Crippen molar-refractivity contribution >= 4 is 41.7 Å². The smallest absolute Gasteiger partial charge is 0.140 e. The minimum absolute atomic E-state index is 0. The molecule has 2 heterocycles. The Labute approximate surface area is 209 Å². The van der Waals surface area contributed by atoms with E-state index in [0.29, 0.717) is 5.78 Å². The van der Waals surface area contributed by atoms with Crippen molar-refractivity contribution in [3.05, 3.63) is 95.6 Å². The zero-order chi connectivity index (χ0) is 22.7. The van der Waals surface area contributed by atoms with Crippen LogP contribution in [0.2, 0.25) is 0 Å². The molecule has 0 spiro atoms. The largest absolute Gasteiger partial charge is 0.340 e. The second-order valence-electron chi connectivity index (χ2n) is 9.30. The van der Waals surface area contributed by atoms with E-state index in [1.165, 1.54) is 28.1 Å². The van der Waals surface area contributed by atoms with Crippen molar-refractivity contribution in [2.45, 2.75) is 31.6 Å². The monoisotopic (exact) mass is 472 g/mol. The van der Waals surface area contributed by atoms with Gasteiger partial charge in [-0.05, 0) is 74.6 Å². The summed E-state index contributed by atoms with van der Waals surface area (Å²) in [6.07, 6.45) is 7.35. The highest BCUT2D eigenvalue weighted by Crippen LogP contribution is 2.38. The van der Waals surface area contributed by atoms with Gasteiger partial charge in [0.2, 0.25) is 0 Å². The Kier molecular flexibility index (Phi) is 7.55. The second-order valence-corrected chi connectivity index (χ2v) is 9.30. The number of nitrogens with zero attached hydrogens (tertiary/aromatic N) is 2. The van der Waals surface area contributed by atoms with Crippen LogP contribution in [0.3, 0.4) is 0 Å². The predicted octanol–water partition coefficient (Wildman–Crippen LogP) is 6.74. The van der Waals surface area contributed by atoms with Crippen LogP contribution in [0, 0.1) is 0 Å². The van der Waals surface area contributed by atoms with Gasteiger partial charge in [0, 0.05) is 17.9 Å². The number of Topliss-reactive ketones (excluding diaryl/α,β-unsaturated/α-hetero) is 1. The number of carbonyl (C=O) groups excluding carboxylic acids is 1. The lowest BCUT2D eigenvalue weighted by atomic mass is 9.70. The summed E-state index contributed by atoms with van der Waals surface area (Å²) in [6, 6.07) is 27.7. The zero-order valence-corrected chi connectivity index (χ0v) is 20.6. The van der Waals surface area contributed by atoms with E-state index >= 15 is 0 Å². The van der Waals surface area contributed by atoms with E-state index in [1.54, 1.807) is 6.92 Å². The molecule has 0 unspecified atom stereocenters. The summed E-state index contributed by atoms with van der Waals surface area (Å²) >= 11 is 0. The number of para-hydroxylation sites is 2. The van der Waals surface area contributed by atoms with E-state index in [4.69, 9.17) is 0 Å². The molecule has 0 radical (unpaired) electrons. The predicted molar refractivity (Wildman–Crippen MR) is 145 cm³/mol. The summed E-state index contributed by atoms with van der Waals surface area (Å²) in [5.74, 6) is 0.304. The first-order chi connectivity index (χ1) is 16.2. The summed E-state index contributed by atoms with van der Waals surface area (Å²) in [6.45, 7) is 5.75. The molecule has 3 aromatic carbocycles. The van der Waals surface area contributed by atoms with Gasteiger partial charge in [-0.2, -0.15) is 0 Å². The molecule has 4 heteroatoms. The van der Waals surface area contributed by atoms with Crippen molar-refractivity contribution in [3.8, 4) is 0 Å². The van der Waals surface area contributed by atoms with Crippen molar-refractivity contribution in [2.24, 2.45) is 0 Å². The standard InChI is InChI=1S/C30H32N2O.ClH/c1-24(33)30(27-12-3-2-4-13-27)18-22-31(23-19-30)20-9-21-32-28-14-7-5-10-25(28)16-17-26-11-6-8-15-29(26)32;/h2-8,10-17H,9,18-23H2,1H3;1H. The molecule has 0 aromatic heterocycles. The third kappa shape index (κ3) is 4.68. The third-order valence-electron chi connectivity index (χ3n) is 7.46. The number of carbonyl (C=O) groups is 1. The molecule has 34 heavy (non-hydrogen) atoms. The van der Waals surface area contributed by atoms with Crippen LogP contribution in [-0.2, 0) is 10.2 Å². The number of likely N-dealkylation sites (tertiary alicyclic amines) is 1. The van der Waals surface area contributed by atoms with Gasteiger partial charge in [0.1, 0.15) is 5.78 Å². The number of fused-ring (bicyclic) bond motifs is 2. The van der Waals surface area contributed by atoms with E-state index in [0.717, 1.165) is 45.4 Å². The molecule has 0 atom stereocenters. The van der Waals surface area contributed by atoms with Crippen LogP contribution in [-0.4, -0.2) is 36.9 Å². The minimum atomic E-state index is -0.313. The second kappa shape index (κ2) is 10.6. The lowest BCUT2D eigenvalue weighted by Crippen LogP contribution is -2.47. The van der Waals surface area contributed by atoms with E-state index < -0.39 is 0 Å².